The van der Waals surface area contributed by atoms with Crippen LogP contribution in [0.1, 0.15) is 41.5 Å². The summed E-state index contributed by atoms with van der Waals surface area (Å²) in [5.74, 6) is 2.62. The highest BCUT2D eigenvalue weighted by molar-refractivity contribution is 5.61. The molecule has 0 unspecified atom stereocenters. The van der Waals surface area contributed by atoms with Gasteiger partial charge in [-0.05, 0) is 39.7 Å². The molecule has 0 bridgehead atoms. The van der Waals surface area contributed by atoms with E-state index in [-0.39, 0.29) is 0 Å². The second-order valence-corrected chi connectivity index (χ2v) is 8.61. The van der Waals surface area contributed by atoms with Crippen LogP contribution in [0, 0.1) is 20.8 Å². The van der Waals surface area contributed by atoms with Crippen molar-refractivity contribution in [2.45, 2.75) is 39.5 Å². The van der Waals surface area contributed by atoms with E-state index < -0.39 is 0 Å². The molecule has 2 saturated heterocycles. The molecule has 0 aliphatic carbocycles. The predicted molar refractivity (Wildman–Crippen MR) is 121 cm³/mol. The van der Waals surface area contributed by atoms with Gasteiger partial charge in [-0.25, -0.2) is 19.9 Å². The Morgan fingerprint density at radius 2 is 1.50 bits per heavy atom. The zero-order chi connectivity index (χ0) is 22.1. The van der Waals surface area contributed by atoms with Gasteiger partial charge < -0.3 is 19.1 Å². The summed E-state index contributed by atoms with van der Waals surface area (Å²) in [6.45, 7) is 10.8. The van der Waals surface area contributed by atoms with E-state index in [1.54, 1.807) is 0 Å². The molecular formula is C23H29N7O2. The van der Waals surface area contributed by atoms with Gasteiger partial charge in [-0.15, -0.1) is 0 Å². The number of aromatic nitrogens is 5. The summed E-state index contributed by atoms with van der Waals surface area (Å²) < 4.78 is 11.1. The lowest BCUT2D eigenvalue weighted by Crippen LogP contribution is -2.38. The van der Waals surface area contributed by atoms with Crippen LogP contribution in [0.15, 0.2) is 22.9 Å². The topological polar surface area (TPSA) is 93.3 Å². The molecule has 0 amide bonds. The number of aryl methyl sites for hydroxylation is 3. The molecule has 5 heterocycles. The zero-order valence-electron chi connectivity index (χ0n) is 18.9. The Hall–Kier alpha value is -3.07. The van der Waals surface area contributed by atoms with E-state index >= 15 is 0 Å². The van der Waals surface area contributed by atoms with Crippen molar-refractivity contribution in [3.05, 3.63) is 41.1 Å². The summed E-state index contributed by atoms with van der Waals surface area (Å²) in [5.41, 5.74) is 4.83. The molecule has 2 aliphatic heterocycles. The first-order valence-corrected chi connectivity index (χ1v) is 11.3. The monoisotopic (exact) mass is 435 g/mol. The van der Waals surface area contributed by atoms with Crippen molar-refractivity contribution in [2.24, 2.45) is 0 Å². The summed E-state index contributed by atoms with van der Waals surface area (Å²) in [6.07, 6.45) is 3.83. The van der Waals surface area contributed by atoms with Crippen molar-refractivity contribution in [1.29, 1.82) is 0 Å². The van der Waals surface area contributed by atoms with E-state index in [9.17, 15) is 0 Å². The number of morpholine rings is 1. The van der Waals surface area contributed by atoms with E-state index in [1.807, 2.05) is 39.1 Å². The van der Waals surface area contributed by atoms with Crippen LogP contribution >= 0.6 is 0 Å². The Morgan fingerprint density at radius 3 is 2.16 bits per heavy atom. The van der Waals surface area contributed by atoms with Gasteiger partial charge in [-0.3, -0.25) is 0 Å². The van der Waals surface area contributed by atoms with Crippen LogP contribution in [0.25, 0.3) is 11.3 Å². The smallest absolute Gasteiger partial charge is 0.225 e. The van der Waals surface area contributed by atoms with Gasteiger partial charge in [0.15, 0.2) is 5.76 Å². The standard InChI is InChI=1S/C23H29N7O2/c1-15-12-16(2)26-23(25-15)29-6-4-18(5-7-29)21-19(20-13-17(3)28-32-20)14-24-22(27-21)30-8-10-31-11-9-30/h12-14,18H,4-11H2,1-3H3. The second-order valence-electron chi connectivity index (χ2n) is 8.61. The van der Waals surface area contributed by atoms with Crippen LogP contribution in [0.4, 0.5) is 11.9 Å². The lowest BCUT2D eigenvalue weighted by Gasteiger charge is -2.33. The third kappa shape index (κ3) is 4.29. The molecule has 9 nitrogen and oxygen atoms in total. The summed E-state index contributed by atoms with van der Waals surface area (Å²) in [7, 11) is 0. The molecule has 0 saturated carbocycles. The minimum Gasteiger partial charge on any atom is -0.378 e. The molecule has 0 N–H and O–H groups in total. The fourth-order valence-corrected chi connectivity index (χ4v) is 4.49. The van der Waals surface area contributed by atoms with Crippen LogP contribution in [-0.2, 0) is 4.74 Å². The quantitative estimate of drug-likeness (QED) is 0.613. The van der Waals surface area contributed by atoms with E-state index in [4.69, 9.17) is 14.2 Å². The van der Waals surface area contributed by atoms with Crippen LogP contribution in [-0.4, -0.2) is 64.5 Å². The predicted octanol–water partition coefficient (Wildman–Crippen LogP) is 3.07. The van der Waals surface area contributed by atoms with Gasteiger partial charge >= 0.3 is 0 Å². The Kier molecular flexibility index (Phi) is 5.73. The highest BCUT2D eigenvalue weighted by Gasteiger charge is 2.28. The van der Waals surface area contributed by atoms with Gasteiger partial charge in [0.05, 0.1) is 30.2 Å². The van der Waals surface area contributed by atoms with Crippen molar-refractivity contribution in [2.75, 3.05) is 49.2 Å². The Bertz CT molecular complexity index is 1070. The first-order chi connectivity index (χ1) is 15.6. The normalized spacial score (nSPS) is 17.7. The van der Waals surface area contributed by atoms with Gasteiger partial charge in [0.25, 0.3) is 0 Å². The molecule has 3 aromatic heterocycles. The van der Waals surface area contributed by atoms with Gasteiger partial charge in [0.1, 0.15) is 0 Å². The Morgan fingerprint density at radius 1 is 0.812 bits per heavy atom. The van der Waals surface area contributed by atoms with Crippen LogP contribution in [0.5, 0.6) is 0 Å². The fraction of sp³-hybridized carbons (Fsp3) is 0.522. The first kappa shape index (κ1) is 20.8. The molecule has 168 valence electrons. The van der Waals surface area contributed by atoms with Crippen LogP contribution in [0.3, 0.4) is 0 Å². The molecule has 5 rings (SSSR count). The minimum atomic E-state index is 0.306. The lowest BCUT2D eigenvalue weighted by molar-refractivity contribution is 0.122. The van der Waals surface area contributed by atoms with E-state index in [1.165, 1.54) is 0 Å². The maximum absolute atomic E-state index is 5.59. The third-order valence-corrected chi connectivity index (χ3v) is 6.13. The van der Waals surface area contributed by atoms with E-state index in [2.05, 4.69) is 29.9 Å². The van der Waals surface area contributed by atoms with Crippen molar-refractivity contribution < 1.29 is 9.26 Å². The van der Waals surface area contributed by atoms with Crippen molar-refractivity contribution in [3.8, 4) is 11.3 Å². The van der Waals surface area contributed by atoms with Crippen molar-refractivity contribution in [1.82, 2.24) is 25.1 Å². The summed E-state index contributed by atoms with van der Waals surface area (Å²) >= 11 is 0. The Balaban J connectivity index is 1.42. The first-order valence-electron chi connectivity index (χ1n) is 11.3. The molecule has 0 radical (unpaired) electrons. The highest BCUT2D eigenvalue weighted by atomic mass is 16.5. The number of hydrogen-bond donors (Lipinski definition) is 0. The van der Waals surface area contributed by atoms with Gasteiger partial charge in [-0.2, -0.15) is 0 Å². The maximum Gasteiger partial charge on any atom is 0.225 e. The second kappa shape index (κ2) is 8.82. The van der Waals surface area contributed by atoms with Crippen LogP contribution in [0.2, 0.25) is 0 Å². The van der Waals surface area contributed by atoms with Crippen molar-refractivity contribution >= 4 is 11.9 Å². The summed E-state index contributed by atoms with van der Waals surface area (Å²) in [5, 5.41) is 4.08. The molecule has 2 aliphatic rings. The number of nitrogens with zero attached hydrogens (tertiary/aromatic N) is 7. The molecule has 0 spiro atoms. The van der Waals surface area contributed by atoms with E-state index in [0.29, 0.717) is 19.1 Å². The maximum atomic E-state index is 5.59. The lowest BCUT2D eigenvalue weighted by atomic mass is 9.90. The molecular weight excluding hydrogens is 406 g/mol. The van der Waals surface area contributed by atoms with E-state index in [0.717, 1.165) is 85.0 Å². The summed E-state index contributed by atoms with van der Waals surface area (Å²) in [6, 6.07) is 3.96. The third-order valence-electron chi connectivity index (χ3n) is 6.13. The fourth-order valence-electron chi connectivity index (χ4n) is 4.49. The van der Waals surface area contributed by atoms with Crippen molar-refractivity contribution in [3.63, 3.8) is 0 Å². The Labute approximate surface area is 187 Å². The largest absolute Gasteiger partial charge is 0.378 e. The number of hydrogen-bond acceptors (Lipinski definition) is 9. The highest BCUT2D eigenvalue weighted by Crippen LogP contribution is 2.35. The molecule has 0 aromatic carbocycles. The van der Waals surface area contributed by atoms with Gasteiger partial charge in [0.2, 0.25) is 11.9 Å². The summed E-state index contributed by atoms with van der Waals surface area (Å²) in [4.78, 5) is 23.5. The van der Waals surface area contributed by atoms with Crippen LogP contribution < -0.4 is 9.80 Å². The molecule has 3 aromatic rings. The number of anilines is 2. The van der Waals surface area contributed by atoms with Gasteiger partial charge in [0, 0.05) is 55.7 Å². The zero-order valence-corrected chi connectivity index (χ0v) is 18.9. The average Bonchev–Trinajstić information content (AvgIpc) is 3.25. The molecule has 2 fully saturated rings. The average molecular weight is 436 g/mol. The number of piperidine rings is 1. The SMILES string of the molecule is Cc1cc(-c2cnc(N3CCOCC3)nc2C2CCN(c3nc(C)cc(C)n3)CC2)on1. The number of rotatable bonds is 4. The van der Waals surface area contributed by atoms with Gasteiger partial charge in [-0.1, -0.05) is 5.16 Å². The molecule has 9 heteroatoms. The molecule has 32 heavy (non-hydrogen) atoms. The molecule has 0 atom stereocenters. The number of ether oxygens (including phenoxy) is 1. The minimum absolute atomic E-state index is 0.306.